The van der Waals surface area contributed by atoms with Crippen molar-refractivity contribution < 1.29 is 14.3 Å². The first-order chi connectivity index (χ1) is 10.9. The number of amides is 1. The summed E-state index contributed by atoms with van der Waals surface area (Å²) in [6.45, 7) is 11.1. The minimum Gasteiger partial charge on any atom is -0.444 e. The van der Waals surface area contributed by atoms with Crippen LogP contribution in [0.25, 0.3) is 0 Å². The van der Waals surface area contributed by atoms with Crippen molar-refractivity contribution in [1.29, 1.82) is 0 Å². The third kappa shape index (κ3) is 5.35. The lowest BCUT2D eigenvalue weighted by molar-refractivity contribution is 0.0165. The van der Waals surface area contributed by atoms with Crippen molar-refractivity contribution in [2.45, 2.75) is 77.5 Å². The lowest BCUT2D eigenvalue weighted by Crippen LogP contribution is -2.48. The third-order valence-electron chi connectivity index (χ3n) is 4.85. The molecule has 5 heteroatoms. The number of nitrogens with zero attached hydrogens (tertiary/aromatic N) is 1. The van der Waals surface area contributed by atoms with Gasteiger partial charge in [-0.2, -0.15) is 0 Å². The number of hydrogen-bond donors (Lipinski definition) is 1. The Balaban J connectivity index is 1.91. The van der Waals surface area contributed by atoms with Crippen LogP contribution in [-0.2, 0) is 9.47 Å². The van der Waals surface area contributed by atoms with Crippen LogP contribution in [0.1, 0.15) is 59.8 Å². The summed E-state index contributed by atoms with van der Waals surface area (Å²) in [5, 5.41) is 3.65. The normalized spacial score (nSPS) is 28.3. The van der Waals surface area contributed by atoms with E-state index >= 15 is 0 Å². The largest absolute Gasteiger partial charge is 0.444 e. The van der Waals surface area contributed by atoms with E-state index in [2.05, 4.69) is 5.32 Å². The van der Waals surface area contributed by atoms with Gasteiger partial charge in [-0.25, -0.2) is 4.79 Å². The summed E-state index contributed by atoms with van der Waals surface area (Å²) in [5.74, 6) is 0.548. The smallest absolute Gasteiger partial charge is 0.410 e. The molecule has 2 rings (SSSR count). The number of likely N-dealkylation sites (tertiary alicyclic amines) is 1. The van der Waals surface area contributed by atoms with Crippen molar-refractivity contribution in [2.24, 2.45) is 5.92 Å². The topological polar surface area (TPSA) is 50.8 Å². The second-order valence-corrected chi connectivity index (χ2v) is 7.74. The molecule has 1 aliphatic carbocycles. The van der Waals surface area contributed by atoms with Gasteiger partial charge in [-0.05, 0) is 59.3 Å². The Morgan fingerprint density at radius 3 is 2.70 bits per heavy atom. The highest BCUT2D eigenvalue weighted by Gasteiger charge is 2.41. The van der Waals surface area contributed by atoms with Gasteiger partial charge in [0.25, 0.3) is 0 Å². The summed E-state index contributed by atoms with van der Waals surface area (Å²) in [6.07, 6.45) is 5.71. The van der Waals surface area contributed by atoms with Crippen molar-refractivity contribution >= 4 is 6.09 Å². The highest BCUT2D eigenvalue weighted by Crippen LogP contribution is 2.36. The van der Waals surface area contributed by atoms with Gasteiger partial charge in [0.15, 0.2) is 0 Å². The van der Waals surface area contributed by atoms with E-state index in [0.29, 0.717) is 18.0 Å². The minimum absolute atomic E-state index is 0.139. The average molecular weight is 326 g/mol. The maximum atomic E-state index is 12.5. The molecular weight excluding hydrogens is 292 g/mol. The van der Waals surface area contributed by atoms with Crippen LogP contribution in [0.15, 0.2) is 0 Å². The summed E-state index contributed by atoms with van der Waals surface area (Å²) >= 11 is 0. The second kappa shape index (κ2) is 8.34. The average Bonchev–Trinajstić information content (AvgIpc) is 3.09. The Hall–Kier alpha value is -0.810. The molecule has 3 unspecified atom stereocenters. The molecule has 0 spiro atoms. The van der Waals surface area contributed by atoms with E-state index in [1.54, 1.807) is 0 Å². The summed E-state index contributed by atoms with van der Waals surface area (Å²) in [6, 6.07) is 0.834. The number of rotatable bonds is 6. The molecule has 23 heavy (non-hydrogen) atoms. The highest BCUT2D eigenvalue weighted by molar-refractivity contribution is 5.69. The lowest BCUT2D eigenvalue weighted by Gasteiger charge is -2.34. The van der Waals surface area contributed by atoms with Crippen LogP contribution in [-0.4, -0.2) is 55.0 Å². The molecule has 0 bridgehead atoms. The van der Waals surface area contributed by atoms with Gasteiger partial charge in [-0.1, -0.05) is 6.42 Å². The van der Waals surface area contributed by atoms with Gasteiger partial charge in [-0.3, -0.25) is 0 Å². The van der Waals surface area contributed by atoms with Gasteiger partial charge in [0.05, 0.1) is 6.61 Å². The van der Waals surface area contributed by atoms with Crippen LogP contribution in [0.3, 0.4) is 0 Å². The first kappa shape index (κ1) is 18.5. The van der Waals surface area contributed by atoms with E-state index in [1.165, 1.54) is 19.3 Å². The van der Waals surface area contributed by atoms with Gasteiger partial charge >= 0.3 is 6.09 Å². The van der Waals surface area contributed by atoms with Crippen molar-refractivity contribution in [2.75, 3.05) is 26.3 Å². The molecule has 1 amide bonds. The van der Waals surface area contributed by atoms with Crippen molar-refractivity contribution in [3.8, 4) is 0 Å². The Bertz CT molecular complexity index is 381. The molecule has 1 N–H and O–H groups in total. The molecule has 2 fully saturated rings. The Labute approximate surface area is 141 Å². The van der Waals surface area contributed by atoms with Crippen LogP contribution in [0, 0.1) is 5.92 Å². The molecule has 0 aromatic carbocycles. The zero-order chi connectivity index (χ0) is 16.9. The molecule has 3 atom stereocenters. The third-order valence-corrected chi connectivity index (χ3v) is 4.85. The second-order valence-electron chi connectivity index (χ2n) is 7.74. The maximum Gasteiger partial charge on any atom is 0.410 e. The molecule has 2 aliphatic rings. The Morgan fingerprint density at radius 2 is 2.00 bits per heavy atom. The Kier molecular flexibility index (Phi) is 6.72. The Morgan fingerprint density at radius 1 is 1.22 bits per heavy atom. The monoisotopic (exact) mass is 326 g/mol. The van der Waals surface area contributed by atoms with Crippen LogP contribution in [0.2, 0.25) is 0 Å². The number of hydrogen-bond acceptors (Lipinski definition) is 4. The quantitative estimate of drug-likeness (QED) is 0.762. The van der Waals surface area contributed by atoms with E-state index in [-0.39, 0.29) is 6.09 Å². The molecule has 1 saturated heterocycles. The number of carbonyl (C=O) groups excluding carboxylic acids is 1. The predicted octanol–water partition coefficient (Wildman–Crippen LogP) is 3.18. The summed E-state index contributed by atoms with van der Waals surface area (Å²) in [5.41, 5.74) is -0.422. The first-order valence-corrected chi connectivity index (χ1v) is 9.23. The fourth-order valence-corrected chi connectivity index (χ4v) is 3.95. The lowest BCUT2D eigenvalue weighted by atomic mass is 9.92. The van der Waals surface area contributed by atoms with E-state index in [0.717, 1.165) is 39.1 Å². The van der Waals surface area contributed by atoms with Gasteiger partial charge in [0.1, 0.15) is 5.60 Å². The first-order valence-electron chi connectivity index (χ1n) is 9.23. The number of carbonyl (C=O) groups is 1. The highest BCUT2D eigenvalue weighted by atomic mass is 16.6. The van der Waals surface area contributed by atoms with E-state index in [1.807, 2.05) is 32.6 Å². The molecule has 0 radical (unpaired) electrons. The molecule has 1 saturated carbocycles. The van der Waals surface area contributed by atoms with Gasteiger partial charge in [0, 0.05) is 31.8 Å². The van der Waals surface area contributed by atoms with E-state index in [4.69, 9.17) is 9.47 Å². The fraction of sp³-hybridized carbons (Fsp3) is 0.944. The summed E-state index contributed by atoms with van der Waals surface area (Å²) < 4.78 is 11.0. The summed E-state index contributed by atoms with van der Waals surface area (Å²) in [4.78, 5) is 14.5. The van der Waals surface area contributed by atoms with E-state index < -0.39 is 5.60 Å². The standard InChI is InChI=1S/C18H34N2O3/c1-5-22-13-11-19-15-9-6-8-14(15)16-10-7-12-20(16)17(21)23-18(2,3)4/h14-16,19H,5-13H2,1-4H3. The number of nitrogens with one attached hydrogen (secondary N) is 1. The number of ether oxygens (including phenoxy) is 2. The molecular formula is C18H34N2O3. The fourth-order valence-electron chi connectivity index (χ4n) is 3.95. The van der Waals surface area contributed by atoms with Crippen LogP contribution in [0.4, 0.5) is 4.79 Å². The predicted molar refractivity (Wildman–Crippen MR) is 91.6 cm³/mol. The van der Waals surface area contributed by atoms with Crippen LogP contribution >= 0.6 is 0 Å². The van der Waals surface area contributed by atoms with Crippen molar-refractivity contribution in [3.05, 3.63) is 0 Å². The summed E-state index contributed by atoms with van der Waals surface area (Å²) in [7, 11) is 0. The molecule has 134 valence electrons. The molecule has 0 aromatic heterocycles. The zero-order valence-corrected chi connectivity index (χ0v) is 15.3. The molecule has 5 nitrogen and oxygen atoms in total. The van der Waals surface area contributed by atoms with Gasteiger partial charge in [-0.15, -0.1) is 0 Å². The van der Waals surface area contributed by atoms with Gasteiger partial charge < -0.3 is 19.7 Å². The van der Waals surface area contributed by atoms with Gasteiger partial charge in [0.2, 0.25) is 0 Å². The van der Waals surface area contributed by atoms with Crippen molar-refractivity contribution in [3.63, 3.8) is 0 Å². The maximum absolute atomic E-state index is 12.5. The minimum atomic E-state index is -0.422. The van der Waals surface area contributed by atoms with Crippen LogP contribution in [0.5, 0.6) is 0 Å². The molecule has 1 aliphatic heterocycles. The van der Waals surface area contributed by atoms with Crippen molar-refractivity contribution in [1.82, 2.24) is 10.2 Å². The zero-order valence-electron chi connectivity index (χ0n) is 15.3. The van der Waals surface area contributed by atoms with Crippen LogP contribution < -0.4 is 5.32 Å². The molecule has 1 heterocycles. The molecule has 0 aromatic rings. The SMILES string of the molecule is CCOCCNC1CCCC1C1CCCN1C(=O)OC(C)(C)C. The van der Waals surface area contributed by atoms with E-state index in [9.17, 15) is 4.79 Å².